The van der Waals surface area contributed by atoms with Gasteiger partial charge in [0.2, 0.25) is 0 Å². The molecule has 2 nitrogen and oxygen atoms in total. The summed E-state index contributed by atoms with van der Waals surface area (Å²) in [5, 5.41) is 9.48. The maximum absolute atomic E-state index is 9.48. The van der Waals surface area contributed by atoms with Crippen LogP contribution < -0.4 is 0 Å². The number of nitrogens with zero attached hydrogens (tertiary/aromatic N) is 2. The van der Waals surface area contributed by atoms with E-state index < -0.39 is 0 Å². The fraction of sp³-hybridized carbons (Fsp3) is 0.941. The van der Waals surface area contributed by atoms with Gasteiger partial charge in [0, 0.05) is 12.1 Å². The molecule has 116 valence electrons. The highest BCUT2D eigenvalue weighted by atomic mass is 32.2. The highest BCUT2D eigenvalue weighted by Gasteiger charge is 2.38. The Bertz CT molecular complexity index is 329. The van der Waals surface area contributed by atoms with E-state index in [4.69, 9.17) is 0 Å². The smallest absolute Gasteiger partial charge is 0.0672 e. The molecule has 0 radical (unpaired) electrons. The van der Waals surface area contributed by atoms with Crippen molar-refractivity contribution in [1.29, 1.82) is 5.26 Å². The Labute approximate surface area is 130 Å². The fourth-order valence-electron chi connectivity index (χ4n) is 3.35. The maximum Gasteiger partial charge on any atom is 0.0672 e. The third-order valence-electron chi connectivity index (χ3n) is 5.17. The van der Waals surface area contributed by atoms with E-state index in [1.807, 2.05) is 11.8 Å². The van der Waals surface area contributed by atoms with Crippen molar-refractivity contribution in [2.45, 2.75) is 65.5 Å². The molecule has 0 bridgehead atoms. The second-order valence-electron chi connectivity index (χ2n) is 7.47. The topological polar surface area (TPSA) is 27.0 Å². The molecular formula is C17H32N2S. The second kappa shape index (κ2) is 7.71. The van der Waals surface area contributed by atoms with Crippen molar-refractivity contribution in [2.75, 3.05) is 19.1 Å². The summed E-state index contributed by atoms with van der Waals surface area (Å²) in [5.74, 6) is 2.17. The van der Waals surface area contributed by atoms with Crippen LogP contribution in [0.4, 0.5) is 0 Å². The number of nitriles is 1. The zero-order valence-corrected chi connectivity index (χ0v) is 15.0. The Morgan fingerprint density at radius 2 is 2.00 bits per heavy atom. The van der Waals surface area contributed by atoms with Crippen LogP contribution in [0.2, 0.25) is 0 Å². The van der Waals surface area contributed by atoms with E-state index in [0.29, 0.717) is 17.5 Å². The molecule has 0 aromatic heterocycles. The van der Waals surface area contributed by atoms with E-state index in [-0.39, 0.29) is 5.92 Å². The highest BCUT2D eigenvalue weighted by molar-refractivity contribution is 7.98. The molecule has 0 amide bonds. The van der Waals surface area contributed by atoms with Gasteiger partial charge in [0.1, 0.15) is 0 Å². The van der Waals surface area contributed by atoms with E-state index in [9.17, 15) is 5.26 Å². The zero-order valence-electron chi connectivity index (χ0n) is 14.1. The Morgan fingerprint density at radius 3 is 2.50 bits per heavy atom. The minimum atomic E-state index is 0.218. The highest BCUT2D eigenvalue weighted by Crippen LogP contribution is 2.41. The van der Waals surface area contributed by atoms with Crippen LogP contribution in [0.25, 0.3) is 0 Å². The van der Waals surface area contributed by atoms with Crippen molar-refractivity contribution in [2.24, 2.45) is 17.3 Å². The lowest BCUT2D eigenvalue weighted by molar-refractivity contribution is 0.0549. The second-order valence-corrected chi connectivity index (χ2v) is 8.46. The summed E-state index contributed by atoms with van der Waals surface area (Å²) in [6.07, 6.45) is 6.85. The SMILES string of the molecule is CSCCC(C)N(C)C1CC(C(C)(C)C)CCC1C#N. The molecule has 0 aliphatic heterocycles. The predicted molar refractivity (Wildman–Crippen MR) is 89.9 cm³/mol. The quantitative estimate of drug-likeness (QED) is 0.751. The number of hydrogen-bond donors (Lipinski definition) is 0. The van der Waals surface area contributed by atoms with E-state index in [1.54, 1.807) is 0 Å². The van der Waals surface area contributed by atoms with Gasteiger partial charge in [0.15, 0.2) is 0 Å². The van der Waals surface area contributed by atoms with Crippen LogP contribution in [0.1, 0.15) is 53.4 Å². The van der Waals surface area contributed by atoms with Gasteiger partial charge in [0.05, 0.1) is 12.0 Å². The predicted octanol–water partition coefficient (Wildman–Crippen LogP) is 4.41. The first-order valence-electron chi connectivity index (χ1n) is 7.91. The summed E-state index contributed by atoms with van der Waals surface area (Å²) < 4.78 is 0. The average molecular weight is 297 g/mol. The molecule has 0 heterocycles. The van der Waals surface area contributed by atoms with Gasteiger partial charge in [-0.1, -0.05) is 20.8 Å². The third kappa shape index (κ3) is 4.67. The van der Waals surface area contributed by atoms with Crippen LogP contribution in [0, 0.1) is 28.6 Å². The van der Waals surface area contributed by atoms with Crippen molar-refractivity contribution in [3.8, 4) is 6.07 Å². The van der Waals surface area contributed by atoms with Crippen molar-refractivity contribution in [3.05, 3.63) is 0 Å². The van der Waals surface area contributed by atoms with Crippen LogP contribution in [0.3, 0.4) is 0 Å². The first-order valence-corrected chi connectivity index (χ1v) is 9.31. The maximum atomic E-state index is 9.48. The minimum absolute atomic E-state index is 0.218. The van der Waals surface area contributed by atoms with E-state index in [1.165, 1.54) is 25.0 Å². The number of hydrogen-bond acceptors (Lipinski definition) is 3. The van der Waals surface area contributed by atoms with Crippen molar-refractivity contribution in [1.82, 2.24) is 4.90 Å². The molecule has 4 atom stereocenters. The summed E-state index contributed by atoms with van der Waals surface area (Å²) in [4.78, 5) is 2.49. The molecule has 1 aliphatic carbocycles. The van der Waals surface area contributed by atoms with Crippen molar-refractivity contribution < 1.29 is 0 Å². The summed E-state index contributed by atoms with van der Waals surface area (Å²) >= 11 is 1.91. The number of thioether (sulfide) groups is 1. The van der Waals surface area contributed by atoms with Crippen LogP contribution in [0.5, 0.6) is 0 Å². The zero-order chi connectivity index (χ0) is 15.3. The molecular weight excluding hydrogens is 264 g/mol. The molecule has 4 unspecified atom stereocenters. The van der Waals surface area contributed by atoms with Crippen molar-refractivity contribution >= 4 is 11.8 Å². The van der Waals surface area contributed by atoms with Crippen LogP contribution in [-0.2, 0) is 0 Å². The fourth-order valence-corrected chi connectivity index (χ4v) is 3.93. The Morgan fingerprint density at radius 1 is 1.35 bits per heavy atom. The average Bonchev–Trinajstić information content (AvgIpc) is 2.42. The Kier molecular flexibility index (Phi) is 6.88. The molecule has 1 rings (SSSR count). The summed E-state index contributed by atoms with van der Waals surface area (Å²) in [7, 11) is 2.23. The summed E-state index contributed by atoms with van der Waals surface area (Å²) in [6.45, 7) is 9.35. The Balaban J connectivity index is 2.73. The summed E-state index contributed by atoms with van der Waals surface area (Å²) in [6, 6.07) is 3.58. The van der Waals surface area contributed by atoms with Gasteiger partial charge >= 0.3 is 0 Å². The lowest BCUT2D eigenvalue weighted by atomic mass is 9.67. The van der Waals surface area contributed by atoms with Crippen molar-refractivity contribution in [3.63, 3.8) is 0 Å². The van der Waals surface area contributed by atoms with Crippen LogP contribution >= 0.6 is 11.8 Å². The molecule has 0 N–H and O–H groups in total. The monoisotopic (exact) mass is 296 g/mol. The minimum Gasteiger partial charge on any atom is -0.299 e. The molecule has 20 heavy (non-hydrogen) atoms. The molecule has 1 aliphatic rings. The summed E-state index contributed by atoms with van der Waals surface area (Å²) in [5.41, 5.74) is 0.363. The van der Waals surface area contributed by atoms with E-state index in [0.717, 1.165) is 12.3 Å². The molecule has 0 aromatic carbocycles. The van der Waals surface area contributed by atoms with Crippen LogP contribution in [0.15, 0.2) is 0 Å². The van der Waals surface area contributed by atoms with E-state index >= 15 is 0 Å². The van der Waals surface area contributed by atoms with Gasteiger partial charge in [-0.2, -0.15) is 17.0 Å². The molecule has 0 spiro atoms. The normalized spacial score (nSPS) is 29.2. The molecule has 3 heteroatoms. The Hall–Kier alpha value is -0.200. The van der Waals surface area contributed by atoms with Gasteiger partial charge in [-0.15, -0.1) is 0 Å². The van der Waals surface area contributed by atoms with Gasteiger partial charge in [-0.25, -0.2) is 0 Å². The van der Waals surface area contributed by atoms with Gasteiger partial charge in [-0.05, 0) is 63.0 Å². The van der Waals surface area contributed by atoms with E-state index in [2.05, 4.69) is 52.0 Å². The third-order valence-corrected chi connectivity index (χ3v) is 5.81. The first kappa shape index (κ1) is 17.9. The molecule has 0 saturated heterocycles. The standard InChI is InChI=1S/C17H32N2S/c1-13(9-10-20-6)19(5)16-11-15(17(2,3)4)8-7-14(16)12-18/h13-16H,7-11H2,1-6H3. The van der Waals surface area contributed by atoms with Gasteiger partial charge < -0.3 is 0 Å². The van der Waals surface area contributed by atoms with Crippen LogP contribution in [-0.4, -0.2) is 36.0 Å². The van der Waals surface area contributed by atoms with Gasteiger partial charge in [0.25, 0.3) is 0 Å². The largest absolute Gasteiger partial charge is 0.299 e. The lowest BCUT2D eigenvalue weighted by Crippen LogP contribution is -2.47. The van der Waals surface area contributed by atoms with Gasteiger partial charge in [-0.3, -0.25) is 4.90 Å². The lowest BCUT2D eigenvalue weighted by Gasteiger charge is -2.45. The molecule has 1 fully saturated rings. The molecule has 1 saturated carbocycles. The first-order chi connectivity index (χ1) is 9.31. The number of rotatable bonds is 5. The molecule has 0 aromatic rings.